The van der Waals surface area contributed by atoms with Crippen molar-refractivity contribution >= 4 is 17.7 Å². The monoisotopic (exact) mass is 245 g/mol. The zero-order valence-corrected chi connectivity index (χ0v) is 11.1. The van der Waals surface area contributed by atoms with Crippen molar-refractivity contribution in [1.29, 1.82) is 0 Å². The van der Waals surface area contributed by atoms with Crippen molar-refractivity contribution in [3.05, 3.63) is 0 Å². The molecule has 0 aromatic heterocycles. The summed E-state index contributed by atoms with van der Waals surface area (Å²) in [6.45, 7) is 4.43. The fourth-order valence-electron chi connectivity index (χ4n) is 1.95. The first kappa shape index (κ1) is 13.8. The van der Waals surface area contributed by atoms with Crippen molar-refractivity contribution in [2.75, 3.05) is 18.1 Å². The number of carbonyl (C=O) groups is 1. The summed E-state index contributed by atoms with van der Waals surface area (Å²) in [5, 5.41) is 3.45. The van der Waals surface area contributed by atoms with Gasteiger partial charge in [-0.3, -0.25) is 4.79 Å². The number of hydrogen-bond donors (Lipinski definition) is 1. The molecule has 3 nitrogen and oxygen atoms in total. The molecule has 1 aliphatic rings. The van der Waals surface area contributed by atoms with Crippen LogP contribution in [0.5, 0.6) is 0 Å². The predicted molar refractivity (Wildman–Crippen MR) is 68.8 cm³/mol. The van der Waals surface area contributed by atoms with Crippen molar-refractivity contribution in [3.8, 4) is 0 Å². The zero-order valence-electron chi connectivity index (χ0n) is 10.3. The molecule has 1 rings (SSSR count). The van der Waals surface area contributed by atoms with E-state index < -0.39 is 0 Å². The van der Waals surface area contributed by atoms with Gasteiger partial charge in [0.15, 0.2) is 0 Å². The van der Waals surface area contributed by atoms with Crippen molar-refractivity contribution in [1.82, 2.24) is 5.32 Å². The van der Waals surface area contributed by atoms with Gasteiger partial charge in [0.05, 0.1) is 6.61 Å². The lowest BCUT2D eigenvalue weighted by Gasteiger charge is -2.27. The molecule has 94 valence electrons. The molecule has 0 aliphatic carbocycles. The maximum Gasteiger partial charge on any atom is 0.323 e. The van der Waals surface area contributed by atoms with E-state index in [2.05, 4.69) is 12.2 Å². The summed E-state index contributed by atoms with van der Waals surface area (Å²) < 4.78 is 5.09. The molecule has 1 heterocycles. The maximum absolute atomic E-state index is 11.7. The van der Waals surface area contributed by atoms with Gasteiger partial charge in [0.1, 0.15) is 6.04 Å². The molecule has 0 saturated carbocycles. The second-order valence-corrected chi connectivity index (χ2v) is 5.37. The van der Waals surface area contributed by atoms with Gasteiger partial charge in [0.2, 0.25) is 0 Å². The average molecular weight is 245 g/mol. The van der Waals surface area contributed by atoms with E-state index in [0.717, 1.165) is 12.8 Å². The van der Waals surface area contributed by atoms with Crippen molar-refractivity contribution < 1.29 is 9.53 Å². The Bertz CT molecular complexity index is 205. The largest absolute Gasteiger partial charge is 0.465 e. The third-order valence-corrected chi connectivity index (χ3v) is 3.86. The minimum atomic E-state index is -0.0990. The third kappa shape index (κ3) is 4.74. The van der Waals surface area contributed by atoms with E-state index in [0.29, 0.717) is 12.6 Å². The van der Waals surface area contributed by atoms with Crippen molar-refractivity contribution in [2.45, 2.75) is 51.6 Å². The minimum Gasteiger partial charge on any atom is -0.465 e. The maximum atomic E-state index is 11.7. The van der Waals surface area contributed by atoms with Crippen LogP contribution < -0.4 is 5.32 Å². The standard InChI is InChI=1S/C12H23NO2S/c1-3-5-11(12(14)15-4-2)13-10-6-8-16-9-7-10/h10-11,13H,3-9H2,1-2H3. The van der Waals surface area contributed by atoms with Crippen LogP contribution in [0.3, 0.4) is 0 Å². The molecule has 16 heavy (non-hydrogen) atoms. The molecule has 1 atom stereocenters. The summed E-state index contributed by atoms with van der Waals surface area (Å²) in [6, 6.07) is 0.403. The molecule has 1 saturated heterocycles. The number of thioether (sulfide) groups is 1. The Hall–Kier alpha value is -0.220. The highest BCUT2D eigenvalue weighted by Crippen LogP contribution is 2.18. The van der Waals surface area contributed by atoms with E-state index in [-0.39, 0.29) is 12.0 Å². The molecule has 0 radical (unpaired) electrons. The Kier molecular flexibility index (Phi) is 6.88. The van der Waals surface area contributed by atoms with Gasteiger partial charge in [0, 0.05) is 6.04 Å². The highest BCUT2D eigenvalue weighted by atomic mass is 32.2. The Balaban J connectivity index is 2.39. The van der Waals surface area contributed by atoms with E-state index in [4.69, 9.17) is 4.74 Å². The molecule has 1 fully saturated rings. The Morgan fingerprint density at radius 2 is 2.12 bits per heavy atom. The van der Waals surface area contributed by atoms with Crippen LogP contribution >= 0.6 is 11.8 Å². The molecular weight excluding hydrogens is 222 g/mol. The quantitative estimate of drug-likeness (QED) is 0.728. The predicted octanol–water partition coefficient (Wildman–Crippen LogP) is 2.20. The normalized spacial score (nSPS) is 19.4. The van der Waals surface area contributed by atoms with Crippen LogP contribution in [-0.4, -0.2) is 36.2 Å². The summed E-state index contributed by atoms with van der Waals surface area (Å²) in [7, 11) is 0. The highest BCUT2D eigenvalue weighted by Gasteiger charge is 2.23. The fraction of sp³-hybridized carbons (Fsp3) is 0.917. The van der Waals surface area contributed by atoms with E-state index in [1.165, 1.54) is 24.3 Å². The summed E-state index contributed by atoms with van der Waals surface area (Å²) in [5.74, 6) is 2.33. The lowest BCUT2D eigenvalue weighted by Crippen LogP contribution is -2.45. The van der Waals surface area contributed by atoms with E-state index >= 15 is 0 Å². The van der Waals surface area contributed by atoms with Crippen LogP contribution in [0.1, 0.15) is 39.5 Å². The Morgan fingerprint density at radius 1 is 1.44 bits per heavy atom. The highest BCUT2D eigenvalue weighted by molar-refractivity contribution is 7.99. The van der Waals surface area contributed by atoms with Gasteiger partial charge in [-0.2, -0.15) is 11.8 Å². The van der Waals surface area contributed by atoms with Crippen LogP contribution in [0.4, 0.5) is 0 Å². The molecule has 1 unspecified atom stereocenters. The second-order valence-electron chi connectivity index (χ2n) is 4.15. The first-order valence-corrected chi connectivity index (χ1v) is 7.43. The number of nitrogens with one attached hydrogen (secondary N) is 1. The summed E-state index contributed by atoms with van der Waals surface area (Å²) in [4.78, 5) is 11.7. The number of carbonyl (C=O) groups excluding carboxylic acids is 1. The number of rotatable bonds is 6. The SMILES string of the molecule is CCCC(NC1CCSCC1)C(=O)OCC. The zero-order chi connectivity index (χ0) is 11.8. The van der Waals surface area contributed by atoms with E-state index in [1.807, 2.05) is 18.7 Å². The smallest absolute Gasteiger partial charge is 0.323 e. The van der Waals surface area contributed by atoms with Gasteiger partial charge in [-0.05, 0) is 37.7 Å². The number of ether oxygens (including phenoxy) is 1. The average Bonchev–Trinajstić information content (AvgIpc) is 2.30. The van der Waals surface area contributed by atoms with Gasteiger partial charge in [-0.15, -0.1) is 0 Å². The van der Waals surface area contributed by atoms with Crippen LogP contribution in [-0.2, 0) is 9.53 Å². The number of hydrogen-bond acceptors (Lipinski definition) is 4. The Labute approximate surface area is 103 Å². The summed E-state index contributed by atoms with van der Waals surface area (Å²) >= 11 is 2.00. The van der Waals surface area contributed by atoms with Crippen molar-refractivity contribution in [3.63, 3.8) is 0 Å². The molecule has 0 bridgehead atoms. The second kappa shape index (κ2) is 7.96. The summed E-state index contributed by atoms with van der Waals surface area (Å²) in [5.41, 5.74) is 0. The van der Waals surface area contributed by atoms with E-state index in [9.17, 15) is 4.79 Å². The fourth-order valence-corrected chi connectivity index (χ4v) is 3.06. The van der Waals surface area contributed by atoms with Gasteiger partial charge in [0.25, 0.3) is 0 Å². The molecule has 0 aromatic rings. The van der Waals surface area contributed by atoms with Gasteiger partial charge >= 0.3 is 5.97 Å². The molecular formula is C12H23NO2S. The van der Waals surface area contributed by atoms with Crippen LogP contribution in [0, 0.1) is 0 Å². The minimum absolute atomic E-state index is 0.0809. The molecule has 1 N–H and O–H groups in total. The van der Waals surface area contributed by atoms with Crippen molar-refractivity contribution in [2.24, 2.45) is 0 Å². The van der Waals surface area contributed by atoms with Crippen LogP contribution in [0.25, 0.3) is 0 Å². The molecule has 4 heteroatoms. The van der Waals surface area contributed by atoms with Crippen LogP contribution in [0.2, 0.25) is 0 Å². The summed E-state index contributed by atoms with van der Waals surface area (Å²) in [6.07, 6.45) is 4.23. The van der Waals surface area contributed by atoms with Gasteiger partial charge in [-0.1, -0.05) is 13.3 Å². The molecule has 1 aliphatic heterocycles. The lowest BCUT2D eigenvalue weighted by molar-refractivity contribution is -0.146. The molecule has 0 spiro atoms. The number of esters is 1. The van der Waals surface area contributed by atoms with Gasteiger partial charge < -0.3 is 10.1 Å². The molecule has 0 aromatic carbocycles. The Morgan fingerprint density at radius 3 is 2.69 bits per heavy atom. The lowest BCUT2D eigenvalue weighted by atomic mass is 10.1. The topological polar surface area (TPSA) is 38.3 Å². The van der Waals surface area contributed by atoms with E-state index in [1.54, 1.807) is 0 Å². The van der Waals surface area contributed by atoms with Crippen LogP contribution in [0.15, 0.2) is 0 Å². The molecule has 0 amide bonds. The van der Waals surface area contributed by atoms with Gasteiger partial charge in [-0.25, -0.2) is 0 Å². The first-order chi connectivity index (χ1) is 7.77. The third-order valence-electron chi connectivity index (χ3n) is 2.81. The first-order valence-electron chi connectivity index (χ1n) is 6.28.